The summed E-state index contributed by atoms with van der Waals surface area (Å²) in [6.07, 6.45) is 3.77. The Morgan fingerprint density at radius 2 is 1.85 bits per heavy atom. The highest BCUT2D eigenvalue weighted by atomic mass is 35.5. The summed E-state index contributed by atoms with van der Waals surface area (Å²) in [4.78, 5) is 74.6. The Balaban J connectivity index is 1.33. The molecule has 2 atom stereocenters. The molecule has 2 fully saturated rings. The average molecular weight is 781 g/mol. The number of hydrogen-bond acceptors (Lipinski definition) is 13. The van der Waals surface area contributed by atoms with Gasteiger partial charge in [0.15, 0.2) is 22.3 Å². The summed E-state index contributed by atoms with van der Waals surface area (Å²) >= 11 is 8.39. The monoisotopic (exact) mass is 780 g/mol. The van der Waals surface area contributed by atoms with E-state index in [0.29, 0.717) is 23.1 Å². The third kappa shape index (κ3) is 8.06. The molecule has 20 heteroatoms. The molecule has 3 aliphatic rings. The van der Waals surface area contributed by atoms with Crippen LogP contribution in [-0.4, -0.2) is 126 Å². The van der Waals surface area contributed by atoms with Crippen LogP contribution >= 0.6 is 34.7 Å². The molecule has 0 radical (unpaired) electrons. The number of carbonyl (C=O) groups is 5. The number of phenols is 2. The third-order valence-electron chi connectivity index (χ3n) is 9.15. The number of benzene rings is 1. The number of hydrogen-bond donors (Lipinski definition) is 7. The summed E-state index contributed by atoms with van der Waals surface area (Å²) in [7, 11) is 0. The summed E-state index contributed by atoms with van der Waals surface area (Å²) in [6, 6.07) is 1.35. The number of aromatic hydroxyl groups is 2. The van der Waals surface area contributed by atoms with Gasteiger partial charge in [-0.15, -0.1) is 23.1 Å². The van der Waals surface area contributed by atoms with Crippen LogP contribution in [0.25, 0.3) is 0 Å². The fraction of sp³-hybridized carbons (Fsp3) is 0.469. The number of likely N-dealkylation sites (tertiary alicyclic amines) is 1. The normalized spacial score (nSPS) is 20.3. The second-order valence-electron chi connectivity index (χ2n) is 13.2. The van der Waals surface area contributed by atoms with Gasteiger partial charge in [-0.2, -0.15) is 0 Å². The maximum Gasteiger partial charge on any atom is 0.352 e. The van der Waals surface area contributed by atoms with Crippen molar-refractivity contribution >= 4 is 75.2 Å². The first-order valence-electron chi connectivity index (χ1n) is 16.3. The van der Waals surface area contributed by atoms with Gasteiger partial charge in [0.2, 0.25) is 5.60 Å². The predicted molar refractivity (Wildman–Crippen MR) is 191 cm³/mol. The van der Waals surface area contributed by atoms with Crippen molar-refractivity contribution in [2.24, 2.45) is 5.16 Å². The van der Waals surface area contributed by atoms with E-state index >= 15 is 0 Å². The van der Waals surface area contributed by atoms with Crippen molar-refractivity contribution in [3.8, 4) is 11.5 Å². The van der Waals surface area contributed by atoms with Gasteiger partial charge in [0, 0.05) is 16.7 Å². The Kier molecular flexibility index (Phi) is 11.6. The Labute approximate surface area is 311 Å². The number of fused-ring (bicyclic) bond motifs is 1. The van der Waals surface area contributed by atoms with Crippen LogP contribution in [0.2, 0.25) is 5.02 Å². The third-order valence-corrected chi connectivity index (χ3v) is 11.5. The summed E-state index contributed by atoms with van der Waals surface area (Å²) in [6.45, 7) is 4.89. The number of amides is 3. The molecule has 1 aromatic carbocycles. The molecule has 2 saturated heterocycles. The van der Waals surface area contributed by atoms with E-state index in [-0.39, 0.29) is 39.4 Å². The maximum absolute atomic E-state index is 13.6. The summed E-state index contributed by atoms with van der Waals surface area (Å²) in [5.41, 5.74) is 3.93. The van der Waals surface area contributed by atoms with Crippen LogP contribution in [0.3, 0.4) is 0 Å². The molecule has 280 valence electrons. The van der Waals surface area contributed by atoms with Gasteiger partial charge < -0.3 is 46.1 Å². The number of nitrogens with zero attached hydrogens (tertiary/aromatic N) is 4. The van der Waals surface area contributed by atoms with Crippen LogP contribution in [0.1, 0.15) is 55.6 Å². The fourth-order valence-electron chi connectivity index (χ4n) is 6.27. The number of thioether (sulfide) groups is 1. The molecule has 17 nitrogen and oxygen atoms in total. The number of quaternary nitrogens is 1. The van der Waals surface area contributed by atoms with Gasteiger partial charge in [0.25, 0.3) is 17.7 Å². The van der Waals surface area contributed by atoms with Gasteiger partial charge in [-0.25, -0.2) is 14.6 Å². The lowest BCUT2D eigenvalue weighted by Crippen LogP contribution is -2.71. The van der Waals surface area contributed by atoms with E-state index in [9.17, 15) is 44.4 Å². The quantitative estimate of drug-likeness (QED) is 0.0505. The minimum Gasteiger partial charge on any atom is -0.504 e. The lowest BCUT2D eigenvalue weighted by Gasteiger charge is -2.50. The van der Waals surface area contributed by atoms with E-state index in [4.69, 9.17) is 22.2 Å². The fourth-order valence-corrected chi connectivity index (χ4v) is 8.40. The molecule has 4 heterocycles. The lowest BCUT2D eigenvalue weighted by atomic mass is 10.0. The Morgan fingerprint density at radius 3 is 2.46 bits per heavy atom. The van der Waals surface area contributed by atoms with Crippen LogP contribution in [-0.2, 0) is 24.0 Å². The average Bonchev–Trinajstić information content (AvgIpc) is 3.38. The topological polar surface area (TPSA) is 254 Å². The van der Waals surface area contributed by atoms with Crippen LogP contribution < -0.4 is 16.4 Å². The first-order valence-corrected chi connectivity index (χ1v) is 18.6. The molecule has 0 aliphatic carbocycles. The highest BCUT2D eigenvalue weighted by Gasteiger charge is 2.55. The number of carboxylic acid groups (broad SMARTS) is 2. The smallest absolute Gasteiger partial charge is 0.352 e. The predicted octanol–water partition coefficient (Wildman–Crippen LogP) is 1.93. The molecule has 2 aromatic rings. The number of nitrogens with two attached hydrogens (primary N) is 1. The van der Waals surface area contributed by atoms with Crippen LogP contribution in [0, 0.1) is 0 Å². The molecule has 0 spiro atoms. The summed E-state index contributed by atoms with van der Waals surface area (Å²) < 4.78 is 0.470. The van der Waals surface area contributed by atoms with Crippen molar-refractivity contribution in [1.29, 1.82) is 0 Å². The molecule has 52 heavy (non-hydrogen) atoms. The molecular formula is C32H39ClN7O10S2+. The van der Waals surface area contributed by atoms with Gasteiger partial charge in [-0.3, -0.25) is 19.3 Å². The van der Waals surface area contributed by atoms with Crippen molar-refractivity contribution in [1.82, 2.24) is 20.5 Å². The number of phenolic OH excluding ortho intramolecular Hbond substituents is 2. The molecule has 8 N–H and O–H groups in total. The number of nitrogens with one attached hydrogen (secondary N) is 2. The number of rotatable bonds is 13. The van der Waals surface area contributed by atoms with Gasteiger partial charge >= 0.3 is 11.9 Å². The van der Waals surface area contributed by atoms with Crippen molar-refractivity contribution in [2.75, 3.05) is 44.2 Å². The van der Waals surface area contributed by atoms with Crippen LogP contribution in [0.5, 0.6) is 11.5 Å². The number of oxime groups is 1. The molecule has 3 aliphatic heterocycles. The molecule has 2 unspecified atom stereocenters. The van der Waals surface area contributed by atoms with Crippen molar-refractivity contribution in [2.45, 2.75) is 56.5 Å². The minimum absolute atomic E-state index is 0.00138. The van der Waals surface area contributed by atoms with Crippen molar-refractivity contribution < 1.29 is 53.7 Å². The van der Waals surface area contributed by atoms with E-state index in [0.717, 1.165) is 50.1 Å². The van der Waals surface area contributed by atoms with Crippen LogP contribution in [0.15, 0.2) is 33.9 Å². The van der Waals surface area contributed by atoms with Gasteiger partial charge in [-0.05, 0) is 51.7 Å². The Bertz CT molecular complexity index is 1840. The van der Waals surface area contributed by atoms with Crippen LogP contribution in [0.4, 0.5) is 5.13 Å². The first kappa shape index (κ1) is 38.6. The Hall–Kier alpha value is -4.59. The number of carboxylic acids is 2. The second-order valence-corrected chi connectivity index (χ2v) is 15.5. The zero-order valence-corrected chi connectivity index (χ0v) is 30.6. The highest BCUT2D eigenvalue weighted by molar-refractivity contribution is 8.00. The Morgan fingerprint density at radius 1 is 1.15 bits per heavy atom. The number of aliphatic carboxylic acids is 2. The van der Waals surface area contributed by atoms with E-state index in [2.05, 4.69) is 20.8 Å². The van der Waals surface area contributed by atoms with E-state index in [1.807, 2.05) is 0 Å². The standard InChI is InChI=1S/C32H38ClN7O10S2/c1-32(2,30(48)49)50-38-21(18-15-52-31(34)36-18)26(44)37-22-27(45)39-23(29(46)47)16(14-51-28(22)39)13-40(10-5-3-4-6-11-40)12-9-35-25(43)17-7-8-19(41)24(42)20(17)33/h7-8,15,22,28H,3-6,9-14H2,1-2H3,(H7-,34,35,36,37,38,41,42,43,44,46,47,48,49)/p+1. The van der Waals surface area contributed by atoms with Crippen molar-refractivity contribution in [3.63, 3.8) is 0 Å². The molecule has 0 bridgehead atoms. The van der Waals surface area contributed by atoms with Gasteiger partial charge in [0.05, 0.1) is 36.8 Å². The van der Waals surface area contributed by atoms with Gasteiger partial charge in [-0.1, -0.05) is 16.8 Å². The number of halogens is 1. The molecule has 0 saturated carbocycles. The number of nitrogen functional groups attached to an aromatic ring is 1. The summed E-state index contributed by atoms with van der Waals surface area (Å²) in [5, 5.41) is 49.1. The molecule has 1 aromatic heterocycles. The maximum atomic E-state index is 13.6. The van der Waals surface area contributed by atoms with E-state index in [1.54, 1.807) is 0 Å². The zero-order valence-electron chi connectivity index (χ0n) is 28.3. The highest BCUT2D eigenvalue weighted by Crippen LogP contribution is 2.41. The SMILES string of the molecule is CC(C)(O/N=C(\C(=O)NC1C(=O)N2C(C(=O)O)=C(C[N+]3(CCNC(=O)c4ccc(O)c(O)c4Cl)CCCCCC3)CSC12)c1csc(N)n1)C(=O)O. The molecule has 3 amide bonds. The van der Waals surface area contributed by atoms with Crippen molar-refractivity contribution in [3.05, 3.63) is 45.1 Å². The van der Waals surface area contributed by atoms with E-state index in [1.165, 1.54) is 48.0 Å². The second kappa shape index (κ2) is 15.6. The number of carbonyl (C=O) groups excluding carboxylic acids is 3. The molecule has 5 rings (SSSR count). The minimum atomic E-state index is -1.80. The number of aromatic nitrogens is 1. The zero-order chi connectivity index (χ0) is 38.0. The number of β-lactam (4-membered cyclic amide) rings is 1. The number of thiazole rings is 1. The van der Waals surface area contributed by atoms with Gasteiger partial charge in [0.1, 0.15) is 29.4 Å². The molecular weight excluding hydrogens is 742 g/mol. The summed E-state index contributed by atoms with van der Waals surface area (Å²) in [5.74, 6) is -5.49. The lowest BCUT2D eigenvalue weighted by molar-refractivity contribution is -0.922. The van der Waals surface area contributed by atoms with E-state index < -0.39 is 63.9 Å². The largest absolute Gasteiger partial charge is 0.504 e. The first-order chi connectivity index (χ1) is 24.5. The number of anilines is 1.